The van der Waals surface area contributed by atoms with Crippen LogP contribution >= 0.6 is 0 Å². The Morgan fingerprint density at radius 3 is 2.45 bits per heavy atom. The molecule has 3 nitrogen and oxygen atoms in total. The van der Waals surface area contributed by atoms with E-state index in [0.717, 1.165) is 43.9 Å². The zero-order valence-corrected chi connectivity index (χ0v) is 20.8. The molecule has 31 heavy (non-hydrogen) atoms. The smallest absolute Gasteiger partial charge is 0.121 e. The van der Waals surface area contributed by atoms with Crippen LogP contribution in [-0.2, 0) is 24.1 Å². The van der Waals surface area contributed by atoms with E-state index in [1.54, 1.807) is 0 Å². The third kappa shape index (κ3) is 8.69. The predicted molar refractivity (Wildman–Crippen MR) is 135 cm³/mol. The van der Waals surface area contributed by atoms with Crippen molar-refractivity contribution in [3.63, 3.8) is 0 Å². The maximum atomic E-state index is 5.85. The first-order valence-corrected chi connectivity index (χ1v) is 12.0. The van der Waals surface area contributed by atoms with Gasteiger partial charge in [0.15, 0.2) is 0 Å². The molecule has 2 aromatic rings. The number of fused-ring (bicyclic) bond motifs is 1. The van der Waals surface area contributed by atoms with Gasteiger partial charge in [0.1, 0.15) is 5.75 Å². The molecule has 3 heteroatoms. The van der Waals surface area contributed by atoms with Crippen LogP contribution in [0.4, 0.5) is 5.69 Å². The standard InChI is InChI=1S/C24H31NO2.2C2H6/c1-5-26-19(4)9-10-20-11-12-22-17-25(14-13-21(22)15-20)23-7-6-8-24(16-23)27-18(2)3;2*1-2/h6-8,11-12,15-16,18H,4-5,9-10,13-14,17H2,1-3H3;2*1-2H3. The van der Waals surface area contributed by atoms with Crippen molar-refractivity contribution in [3.05, 3.63) is 71.5 Å². The van der Waals surface area contributed by atoms with Gasteiger partial charge in [-0.3, -0.25) is 0 Å². The summed E-state index contributed by atoms with van der Waals surface area (Å²) in [5.74, 6) is 1.82. The average molecular weight is 426 g/mol. The Labute approximate surface area is 191 Å². The van der Waals surface area contributed by atoms with Gasteiger partial charge in [0.05, 0.1) is 18.5 Å². The maximum Gasteiger partial charge on any atom is 0.121 e. The van der Waals surface area contributed by atoms with E-state index >= 15 is 0 Å². The molecule has 0 saturated heterocycles. The lowest BCUT2D eigenvalue weighted by molar-refractivity contribution is 0.220. The van der Waals surface area contributed by atoms with Gasteiger partial charge in [-0.1, -0.05) is 58.5 Å². The van der Waals surface area contributed by atoms with Gasteiger partial charge in [-0.15, -0.1) is 0 Å². The molecule has 0 aliphatic carbocycles. The average Bonchev–Trinajstić information content (AvgIpc) is 2.80. The van der Waals surface area contributed by atoms with E-state index in [0.29, 0.717) is 6.61 Å². The topological polar surface area (TPSA) is 21.7 Å². The molecule has 1 aliphatic rings. The van der Waals surface area contributed by atoms with Gasteiger partial charge < -0.3 is 14.4 Å². The Morgan fingerprint density at radius 1 is 1.03 bits per heavy atom. The van der Waals surface area contributed by atoms with Crippen LogP contribution in [0.2, 0.25) is 0 Å². The van der Waals surface area contributed by atoms with Crippen molar-refractivity contribution < 1.29 is 9.47 Å². The van der Waals surface area contributed by atoms with E-state index in [9.17, 15) is 0 Å². The molecular formula is C28H43NO2. The maximum absolute atomic E-state index is 5.85. The highest BCUT2D eigenvalue weighted by molar-refractivity contribution is 5.53. The Kier molecular flexibility index (Phi) is 12.5. The van der Waals surface area contributed by atoms with Gasteiger partial charge >= 0.3 is 0 Å². The van der Waals surface area contributed by atoms with Gasteiger partial charge in [0.2, 0.25) is 0 Å². The van der Waals surface area contributed by atoms with Crippen molar-refractivity contribution in [3.8, 4) is 5.75 Å². The summed E-state index contributed by atoms with van der Waals surface area (Å²) in [7, 11) is 0. The van der Waals surface area contributed by atoms with Gasteiger partial charge in [-0.2, -0.15) is 0 Å². The lowest BCUT2D eigenvalue weighted by Gasteiger charge is -2.31. The number of aryl methyl sites for hydroxylation is 1. The second-order valence-electron chi connectivity index (χ2n) is 7.41. The summed E-state index contributed by atoms with van der Waals surface area (Å²) in [5.41, 5.74) is 5.50. The number of allylic oxidation sites excluding steroid dienone is 1. The third-order valence-corrected chi connectivity index (χ3v) is 4.88. The number of hydrogen-bond acceptors (Lipinski definition) is 3. The Morgan fingerprint density at radius 2 is 1.77 bits per heavy atom. The molecule has 0 unspecified atom stereocenters. The van der Waals surface area contributed by atoms with Gasteiger partial charge in [-0.05, 0) is 62.4 Å². The first kappa shape index (κ1) is 26.6. The van der Waals surface area contributed by atoms with Crippen LogP contribution in [0.3, 0.4) is 0 Å². The zero-order valence-electron chi connectivity index (χ0n) is 20.8. The number of benzene rings is 2. The molecule has 0 radical (unpaired) electrons. The van der Waals surface area contributed by atoms with Crippen molar-refractivity contribution in [1.29, 1.82) is 0 Å². The minimum absolute atomic E-state index is 0.194. The number of rotatable bonds is 8. The Balaban J connectivity index is 0.00000113. The van der Waals surface area contributed by atoms with Crippen LogP contribution in [0, 0.1) is 0 Å². The zero-order chi connectivity index (χ0) is 23.2. The minimum Gasteiger partial charge on any atom is -0.499 e. The summed E-state index contributed by atoms with van der Waals surface area (Å²) >= 11 is 0. The van der Waals surface area contributed by atoms with Crippen LogP contribution in [0.15, 0.2) is 54.8 Å². The first-order chi connectivity index (χ1) is 15.0. The SMILES string of the molecule is C=C(CCc1ccc2c(c1)CCN(c1cccc(OC(C)C)c1)C2)OCC.CC.CC. The number of ether oxygens (including phenoxy) is 2. The molecule has 0 N–H and O–H groups in total. The molecular weight excluding hydrogens is 382 g/mol. The largest absolute Gasteiger partial charge is 0.499 e. The van der Waals surface area contributed by atoms with Crippen molar-refractivity contribution >= 4 is 5.69 Å². The molecule has 1 aliphatic heterocycles. The Hall–Kier alpha value is -2.42. The van der Waals surface area contributed by atoms with Gasteiger partial charge in [-0.25, -0.2) is 0 Å². The van der Waals surface area contributed by atoms with E-state index in [1.165, 1.54) is 22.4 Å². The van der Waals surface area contributed by atoms with Crippen LogP contribution in [0.5, 0.6) is 5.75 Å². The van der Waals surface area contributed by atoms with Crippen LogP contribution in [0.1, 0.15) is 71.6 Å². The van der Waals surface area contributed by atoms with Crippen LogP contribution in [0.25, 0.3) is 0 Å². The van der Waals surface area contributed by atoms with Gasteiger partial charge in [0, 0.05) is 31.3 Å². The second-order valence-corrected chi connectivity index (χ2v) is 7.41. The molecule has 1 heterocycles. The lowest BCUT2D eigenvalue weighted by atomic mass is 9.95. The van der Waals surface area contributed by atoms with Crippen LogP contribution < -0.4 is 9.64 Å². The molecule has 0 spiro atoms. The number of hydrogen-bond donors (Lipinski definition) is 0. The van der Waals surface area contributed by atoms with Crippen molar-refractivity contribution in [2.45, 2.75) is 80.4 Å². The molecule has 0 aromatic heterocycles. The summed E-state index contributed by atoms with van der Waals surface area (Å²) < 4.78 is 11.3. The Bertz CT molecular complexity index is 782. The van der Waals surface area contributed by atoms with Gasteiger partial charge in [0.25, 0.3) is 0 Å². The van der Waals surface area contributed by atoms with Crippen molar-refractivity contribution in [1.82, 2.24) is 0 Å². The molecule has 0 saturated carbocycles. The van der Waals surface area contributed by atoms with Crippen molar-refractivity contribution in [2.75, 3.05) is 18.1 Å². The van der Waals surface area contributed by atoms with E-state index in [-0.39, 0.29) is 6.10 Å². The fraction of sp³-hybridized carbons (Fsp3) is 0.500. The second kappa shape index (κ2) is 14.6. The highest BCUT2D eigenvalue weighted by Gasteiger charge is 2.17. The molecule has 0 amide bonds. The molecule has 3 rings (SSSR count). The number of nitrogens with zero attached hydrogens (tertiary/aromatic N) is 1. The monoisotopic (exact) mass is 425 g/mol. The van der Waals surface area contributed by atoms with E-state index in [2.05, 4.69) is 61.7 Å². The molecule has 0 bridgehead atoms. The predicted octanol–water partition coefficient (Wildman–Crippen LogP) is 7.57. The minimum atomic E-state index is 0.194. The summed E-state index contributed by atoms with van der Waals surface area (Å²) in [6, 6.07) is 15.3. The third-order valence-electron chi connectivity index (χ3n) is 4.88. The van der Waals surface area contributed by atoms with E-state index in [4.69, 9.17) is 9.47 Å². The summed E-state index contributed by atoms with van der Waals surface area (Å²) in [4.78, 5) is 2.44. The van der Waals surface area contributed by atoms with Crippen molar-refractivity contribution in [2.24, 2.45) is 0 Å². The lowest BCUT2D eigenvalue weighted by Crippen LogP contribution is -2.30. The summed E-state index contributed by atoms with van der Waals surface area (Å²) in [5, 5.41) is 0. The van der Waals surface area contributed by atoms with E-state index < -0.39 is 0 Å². The fourth-order valence-corrected chi connectivity index (χ4v) is 3.57. The summed E-state index contributed by atoms with van der Waals surface area (Å²) in [6.45, 7) is 20.8. The normalized spacial score (nSPS) is 12.1. The molecule has 2 aromatic carbocycles. The highest BCUT2D eigenvalue weighted by atomic mass is 16.5. The number of anilines is 1. The van der Waals surface area contributed by atoms with Crippen LogP contribution in [-0.4, -0.2) is 19.3 Å². The summed E-state index contributed by atoms with van der Waals surface area (Å²) in [6.07, 6.45) is 3.15. The first-order valence-electron chi connectivity index (χ1n) is 12.0. The molecule has 0 atom stereocenters. The van der Waals surface area contributed by atoms with E-state index in [1.807, 2.05) is 40.7 Å². The molecule has 0 fully saturated rings. The fourth-order valence-electron chi connectivity index (χ4n) is 3.57. The quantitative estimate of drug-likeness (QED) is 0.407. The molecule has 172 valence electrons. The highest BCUT2D eigenvalue weighted by Crippen LogP contribution is 2.28.